The SMILES string of the molecule is NC1CC(C(=O)O)(C2=COCCC2)C1. The van der Waals surface area contributed by atoms with Crippen LogP contribution in [-0.2, 0) is 9.53 Å². The summed E-state index contributed by atoms with van der Waals surface area (Å²) in [7, 11) is 0. The van der Waals surface area contributed by atoms with Crippen molar-refractivity contribution < 1.29 is 14.6 Å². The number of carboxylic acids is 1. The van der Waals surface area contributed by atoms with Crippen LogP contribution in [0.3, 0.4) is 0 Å². The molecule has 1 aliphatic carbocycles. The number of ether oxygens (including phenoxy) is 1. The molecular formula is C10H15NO3. The smallest absolute Gasteiger partial charge is 0.314 e. The Morgan fingerprint density at radius 2 is 2.36 bits per heavy atom. The first kappa shape index (κ1) is 9.52. The minimum Gasteiger partial charge on any atom is -0.501 e. The molecule has 0 saturated heterocycles. The molecule has 1 heterocycles. The molecule has 0 unspecified atom stereocenters. The summed E-state index contributed by atoms with van der Waals surface area (Å²) in [5.41, 5.74) is 5.87. The Bertz CT molecular complexity index is 279. The molecular weight excluding hydrogens is 182 g/mol. The highest BCUT2D eigenvalue weighted by molar-refractivity contribution is 5.80. The Hall–Kier alpha value is -1.03. The molecule has 0 atom stereocenters. The molecule has 0 amide bonds. The molecule has 78 valence electrons. The number of hydrogen-bond acceptors (Lipinski definition) is 3. The van der Waals surface area contributed by atoms with E-state index in [1.54, 1.807) is 6.26 Å². The van der Waals surface area contributed by atoms with Gasteiger partial charge < -0.3 is 15.6 Å². The van der Waals surface area contributed by atoms with Gasteiger partial charge in [-0.3, -0.25) is 4.79 Å². The zero-order valence-corrected chi connectivity index (χ0v) is 8.03. The third-order valence-corrected chi connectivity index (χ3v) is 3.18. The van der Waals surface area contributed by atoms with Gasteiger partial charge in [0.05, 0.1) is 18.3 Å². The van der Waals surface area contributed by atoms with E-state index in [9.17, 15) is 9.90 Å². The van der Waals surface area contributed by atoms with Gasteiger partial charge >= 0.3 is 5.97 Å². The Labute approximate surface area is 82.7 Å². The molecule has 2 rings (SSSR count). The van der Waals surface area contributed by atoms with Gasteiger partial charge in [-0.15, -0.1) is 0 Å². The van der Waals surface area contributed by atoms with E-state index in [0.29, 0.717) is 19.4 Å². The maximum absolute atomic E-state index is 11.2. The number of hydrogen-bond donors (Lipinski definition) is 2. The van der Waals surface area contributed by atoms with E-state index in [1.807, 2.05) is 0 Å². The second-order valence-electron chi connectivity index (χ2n) is 4.17. The van der Waals surface area contributed by atoms with Crippen LogP contribution in [0, 0.1) is 5.41 Å². The number of carboxylic acid groups (broad SMARTS) is 1. The van der Waals surface area contributed by atoms with Crippen molar-refractivity contribution in [1.29, 1.82) is 0 Å². The van der Waals surface area contributed by atoms with Gasteiger partial charge in [0.15, 0.2) is 0 Å². The van der Waals surface area contributed by atoms with Crippen molar-refractivity contribution in [3.8, 4) is 0 Å². The molecule has 1 saturated carbocycles. The summed E-state index contributed by atoms with van der Waals surface area (Å²) in [4.78, 5) is 11.2. The van der Waals surface area contributed by atoms with Crippen LogP contribution in [0.1, 0.15) is 25.7 Å². The second kappa shape index (κ2) is 3.28. The number of rotatable bonds is 2. The normalized spacial score (nSPS) is 36.6. The van der Waals surface area contributed by atoms with Crippen LogP contribution in [0.4, 0.5) is 0 Å². The third kappa shape index (κ3) is 1.30. The Kier molecular flexibility index (Phi) is 2.23. The van der Waals surface area contributed by atoms with Gasteiger partial charge in [0.1, 0.15) is 0 Å². The summed E-state index contributed by atoms with van der Waals surface area (Å²) in [6, 6.07) is 0.0360. The molecule has 0 bridgehead atoms. The molecule has 4 heteroatoms. The van der Waals surface area contributed by atoms with Crippen LogP contribution in [0.5, 0.6) is 0 Å². The minimum absolute atomic E-state index is 0.0360. The van der Waals surface area contributed by atoms with E-state index in [0.717, 1.165) is 18.4 Å². The fourth-order valence-electron chi connectivity index (χ4n) is 2.33. The largest absolute Gasteiger partial charge is 0.501 e. The van der Waals surface area contributed by atoms with Crippen molar-refractivity contribution in [3.05, 3.63) is 11.8 Å². The number of carbonyl (C=O) groups is 1. The number of aliphatic carboxylic acids is 1. The van der Waals surface area contributed by atoms with Gasteiger partial charge in [-0.25, -0.2) is 0 Å². The molecule has 1 fully saturated rings. The van der Waals surface area contributed by atoms with Gasteiger partial charge in [-0.2, -0.15) is 0 Å². The average Bonchev–Trinajstić information content (AvgIpc) is 2.13. The Morgan fingerprint density at radius 3 is 2.79 bits per heavy atom. The highest BCUT2D eigenvalue weighted by Gasteiger charge is 2.52. The predicted molar refractivity (Wildman–Crippen MR) is 50.5 cm³/mol. The first-order valence-corrected chi connectivity index (χ1v) is 4.95. The van der Waals surface area contributed by atoms with Crippen molar-refractivity contribution in [3.63, 3.8) is 0 Å². The van der Waals surface area contributed by atoms with Gasteiger partial charge in [0.2, 0.25) is 0 Å². The summed E-state index contributed by atoms with van der Waals surface area (Å²) < 4.78 is 5.18. The molecule has 0 aromatic rings. The van der Waals surface area contributed by atoms with Crippen LogP contribution in [-0.4, -0.2) is 23.7 Å². The lowest BCUT2D eigenvalue weighted by molar-refractivity contribution is -0.152. The molecule has 3 N–H and O–H groups in total. The van der Waals surface area contributed by atoms with Crippen molar-refractivity contribution >= 4 is 5.97 Å². The van der Waals surface area contributed by atoms with Crippen molar-refractivity contribution in [2.45, 2.75) is 31.7 Å². The molecule has 0 aromatic heterocycles. The van der Waals surface area contributed by atoms with Gasteiger partial charge in [-0.1, -0.05) is 0 Å². The maximum atomic E-state index is 11.2. The van der Waals surface area contributed by atoms with Crippen LogP contribution >= 0.6 is 0 Å². The lowest BCUT2D eigenvalue weighted by Crippen LogP contribution is -2.52. The van der Waals surface area contributed by atoms with E-state index in [-0.39, 0.29) is 6.04 Å². The molecule has 14 heavy (non-hydrogen) atoms. The van der Waals surface area contributed by atoms with E-state index >= 15 is 0 Å². The van der Waals surface area contributed by atoms with Crippen LogP contribution in [0.15, 0.2) is 11.8 Å². The Balaban J connectivity index is 2.19. The summed E-state index contributed by atoms with van der Waals surface area (Å²) in [6.07, 6.45) is 4.48. The van der Waals surface area contributed by atoms with Crippen molar-refractivity contribution in [2.24, 2.45) is 11.1 Å². The van der Waals surface area contributed by atoms with Gasteiger partial charge in [0.25, 0.3) is 0 Å². The van der Waals surface area contributed by atoms with Crippen LogP contribution in [0.25, 0.3) is 0 Å². The number of nitrogens with two attached hydrogens (primary N) is 1. The molecule has 0 radical (unpaired) electrons. The van der Waals surface area contributed by atoms with E-state index in [4.69, 9.17) is 10.5 Å². The van der Waals surface area contributed by atoms with Crippen molar-refractivity contribution in [1.82, 2.24) is 0 Å². The fraction of sp³-hybridized carbons (Fsp3) is 0.700. The summed E-state index contributed by atoms with van der Waals surface area (Å²) in [5.74, 6) is -0.754. The summed E-state index contributed by atoms with van der Waals surface area (Å²) in [6.45, 7) is 0.700. The van der Waals surface area contributed by atoms with Gasteiger partial charge in [0, 0.05) is 6.04 Å². The van der Waals surface area contributed by atoms with Crippen LogP contribution < -0.4 is 5.73 Å². The topological polar surface area (TPSA) is 72.6 Å². The highest BCUT2D eigenvalue weighted by atomic mass is 16.5. The molecule has 4 nitrogen and oxygen atoms in total. The molecule has 1 aliphatic heterocycles. The lowest BCUT2D eigenvalue weighted by atomic mass is 9.60. The minimum atomic E-state index is -0.754. The quantitative estimate of drug-likeness (QED) is 0.689. The van der Waals surface area contributed by atoms with Crippen LogP contribution in [0.2, 0.25) is 0 Å². The molecule has 0 aromatic carbocycles. The van der Waals surface area contributed by atoms with E-state index in [2.05, 4.69) is 0 Å². The van der Waals surface area contributed by atoms with E-state index < -0.39 is 11.4 Å². The van der Waals surface area contributed by atoms with Gasteiger partial charge in [-0.05, 0) is 31.3 Å². The maximum Gasteiger partial charge on any atom is 0.314 e. The second-order valence-corrected chi connectivity index (χ2v) is 4.17. The summed E-state index contributed by atoms with van der Waals surface area (Å²) in [5, 5.41) is 9.20. The lowest BCUT2D eigenvalue weighted by Gasteiger charge is -2.44. The average molecular weight is 197 g/mol. The zero-order valence-electron chi connectivity index (χ0n) is 8.03. The monoisotopic (exact) mass is 197 g/mol. The van der Waals surface area contributed by atoms with Crippen molar-refractivity contribution in [2.75, 3.05) is 6.61 Å². The Morgan fingerprint density at radius 1 is 1.64 bits per heavy atom. The molecule has 0 spiro atoms. The van der Waals surface area contributed by atoms with E-state index in [1.165, 1.54) is 0 Å². The summed E-state index contributed by atoms with van der Waals surface area (Å²) >= 11 is 0. The predicted octanol–water partition coefficient (Wildman–Crippen LogP) is 0.873. The first-order chi connectivity index (χ1) is 6.65. The standard InChI is InChI=1S/C10H15NO3/c11-8-4-10(5-8,9(12)13)7-2-1-3-14-6-7/h6,8H,1-5,11H2,(H,12,13). The fourth-order valence-corrected chi connectivity index (χ4v) is 2.33. The highest BCUT2D eigenvalue weighted by Crippen LogP contribution is 2.48. The third-order valence-electron chi connectivity index (χ3n) is 3.18. The molecule has 2 aliphatic rings. The first-order valence-electron chi connectivity index (χ1n) is 4.95. The zero-order chi connectivity index (χ0) is 10.2.